The molecule has 5 heterocycles. The first-order valence-corrected chi connectivity index (χ1v) is 24.2. The minimum absolute atomic E-state index is 0.0284. The highest BCUT2D eigenvalue weighted by Crippen LogP contribution is 2.46. The number of nitrogens with zero attached hydrogens (tertiary/aromatic N) is 1. The fourth-order valence-corrected chi connectivity index (χ4v) is 11.0. The van der Waals surface area contributed by atoms with Crippen LogP contribution in [0.5, 0.6) is 11.5 Å². The third kappa shape index (κ3) is 8.60. The van der Waals surface area contributed by atoms with E-state index in [1.165, 1.54) is 68.8 Å². The van der Waals surface area contributed by atoms with Gasteiger partial charge >= 0.3 is 23.3 Å². The van der Waals surface area contributed by atoms with E-state index in [9.17, 15) is 49.2 Å². The van der Waals surface area contributed by atoms with Crippen LogP contribution in [0.4, 0.5) is 4.79 Å². The average molecular weight is 995 g/mol. The molecule has 3 aliphatic heterocycles. The second kappa shape index (κ2) is 19.2. The van der Waals surface area contributed by atoms with E-state index >= 15 is 0 Å². The molecule has 1 aliphatic carbocycles. The van der Waals surface area contributed by atoms with Gasteiger partial charge in [-0.2, -0.15) is 11.8 Å². The predicted molar refractivity (Wildman–Crippen MR) is 247 cm³/mol. The third-order valence-corrected chi connectivity index (χ3v) is 15.2. The number of carbonyl (C=O) groups is 4. The Morgan fingerprint density at radius 3 is 2.31 bits per heavy atom. The molecule has 1 unspecified atom stereocenters. The van der Waals surface area contributed by atoms with Crippen molar-refractivity contribution >= 4 is 79.1 Å². The van der Waals surface area contributed by atoms with Crippen molar-refractivity contribution in [1.29, 1.82) is 0 Å². The van der Waals surface area contributed by atoms with Crippen LogP contribution >= 0.6 is 11.8 Å². The molecule has 5 aromatic rings. The van der Waals surface area contributed by atoms with Crippen LogP contribution in [0.25, 0.3) is 43.5 Å². The molecule has 376 valence electrons. The Kier molecular flexibility index (Phi) is 13.5. The number of benzene rings is 3. The molecule has 0 radical (unpaired) electrons. The lowest BCUT2D eigenvalue weighted by atomic mass is 9.82. The molecule has 70 heavy (non-hydrogen) atoms. The lowest BCUT2D eigenvalue weighted by Gasteiger charge is -2.50. The number of aryl methyl sites for hydroxylation is 1. The van der Waals surface area contributed by atoms with Crippen molar-refractivity contribution in [2.24, 2.45) is 11.8 Å². The number of hydrogen-bond acceptors (Lipinski definition) is 20. The molecule has 3 aromatic carbocycles. The normalized spacial score (nSPS) is 31.8. The highest BCUT2D eigenvalue weighted by atomic mass is 32.2. The lowest BCUT2D eigenvalue weighted by Crippen LogP contribution is -2.70. The molecule has 5 N–H and O–H groups in total. The summed E-state index contributed by atoms with van der Waals surface area (Å²) >= 11 is 1.35. The molecule has 1 saturated carbocycles. The van der Waals surface area contributed by atoms with Gasteiger partial charge in [0.15, 0.2) is 18.0 Å². The van der Waals surface area contributed by atoms with Gasteiger partial charge in [-0.15, -0.1) is 0 Å². The fourth-order valence-electron chi connectivity index (χ4n) is 10.4. The van der Waals surface area contributed by atoms with Crippen LogP contribution in [-0.2, 0) is 42.8 Å². The summed E-state index contributed by atoms with van der Waals surface area (Å²) in [6.07, 6.45) is -8.29. The van der Waals surface area contributed by atoms with E-state index < -0.39 is 103 Å². The SMILES string of the molecule is CO[C@H]1[C@@H](O)[C@@H](C)O[C@H](O[C@H]2[C@H](Oc3cccc4c(O)c5c(=O)oc6ccc(C)c7c(=O)oc(c34)c5c67)O[C@H](C)[C@H](O)[C@]2(C)O)[C@@H]1NC(=O)OCOC(=O)C1CCC(CN2C(=O)CC(SC)C2=O)CC1. The van der Waals surface area contributed by atoms with Crippen LogP contribution < -0.4 is 21.3 Å². The minimum atomic E-state index is -2.20. The molecule has 22 heteroatoms. The van der Waals surface area contributed by atoms with E-state index in [1.807, 2.05) is 0 Å². The van der Waals surface area contributed by atoms with E-state index in [2.05, 4.69) is 5.32 Å². The van der Waals surface area contributed by atoms with E-state index in [1.54, 1.807) is 19.2 Å². The van der Waals surface area contributed by atoms with E-state index in [0.717, 1.165) is 0 Å². The molecule has 4 fully saturated rings. The summed E-state index contributed by atoms with van der Waals surface area (Å²) in [7, 11) is 1.27. The molecule has 9 rings (SSSR count). The molecule has 2 aromatic heterocycles. The number of likely N-dealkylation sites (tertiary alicyclic amines) is 1. The second-order valence-electron chi connectivity index (χ2n) is 18.6. The highest BCUT2D eigenvalue weighted by Gasteiger charge is 2.57. The fraction of sp³-hybridized carbons (Fsp3) is 0.542. The molecular weight excluding hydrogens is 941 g/mol. The van der Waals surface area contributed by atoms with Crippen LogP contribution in [0.15, 0.2) is 48.8 Å². The van der Waals surface area contributed by atoms with Gasteiger partial charge in [-0.25, -0.2) is 14.4 Å². The van der Waals surface area contributed by atoms with Gasteiger partial charge in [0.1, 0.15) is 52.4 Å². The van der Waals surface area contributed by atoms with Gasteiger partial charge in [-0.3, -0.25) is 19.3 Å². The van der Waals surface area contributed by atoms with Crippen LogP contribution in [0, 0.1) is 18.8 Å². The number of phenols is 1. The number of esters is 1. The Hall–Kier alpha value is -5.59. The number of phenolic OH excluding ortho intramolecular Hbond substituents is 1. The smallest absolute Gasteiger partial charge is 0.410 e. The summed E-state index contributed by atoms with van der Waals surface area (Å²) in [6.45, 7) is 5.46. The summed E-state index contributed by atoms with van der Waals surface area (Å²) in [5, 5.41) is 48.7. The number of aromatic hydroxyl groups is 1. The summed E-state index contributed by atoms with van der Waals surface area (Å²) in [5.74, 6) is -2.00. The zero-order chi connectivity index (χ0) is 50.1. The standard InChI is InChI=1S/C48H54N2O19S/c1-19-10-15-26-31-29(19)43(57)68-37-30-24(36(53)33(32(31)37)44(58)66-26)8-7-9-25(30)67-46-40(48(4,60)39(54)21(3)65-46)69-45-34(38(61-5)35(52)20(2)64-45)49-47(59)63-18-62-42(56)23-13-11-22(12-14-23)17-50-28(51)16-27(70-6)41(50)55/h7-10,15,20-23,27,34-35,38-40,45-46,52-54,60H,11-14,16-18H2,1-6H3,(H,49,59)/t20-,21-,22?,23?,27?,34-,35+,38-,39+,40+,45-,46+,48+/m1/s1. The molecule has 0 spiro atoms. The number of methoxy groups -OCH3 is 1. The average Bonchev–Trinajstić information content (AvgIpc) is 3.60. The monoisotopic (exact) mass is 994 g/mol. The van der Waals surface area contributed by atoms with Gasteiger partial charge in [0.05, 0.1) is 34.1 Å². The quantitative estimate of drug-likeness (QED) is 0.0299. The van der Waals surface area contributed by atoms with Crippen molar-refractivity contribution < 1.29 is 81.6 Å². The first kappa shape index (κ1) is 49.4. The summed E-state index contributed by atoms with van der Waals surface area (Å²) in [4.78, 5) is 79.8. The van der Waals surface area contributed by atoms with Gasteiger partial charge in [0.2, 0.25) is 24.9 Å². The van der Waals surface area contributed by atoms with Crippen LogP contribution in [0.1, 0.15) is 58.4 Å². The van der Waals surface area contributed by atoms with E-state index in [-0.39, 0.29) is 78.6 Å². The minimum Gasteiger partial charge on any atom is -0.506 e. The third-order valence-electron chi connectivity index (χ3n) is 14.3. The predicted octanol–water partition coefficient (Wildman–Crippen LogP) is 3.29. The number of carbonyl (C=O) groups excluding carboxylic acids is 4. The Labute approximate surface area is 402 Å². The molecule has 11 atom stereocenters. The van der Waals surface area contributed by atoms with Crippen molar-refractivity contribution in [1.82, 2.24) is 10.2 Å². The number of aliphatic hydroxyl groups is 3. The number of imide groups is 1. The van der Waals surface area contributed by atoms with Crippen LogP contribution in [0.2, 0.25) is 0 Å². The Morgan fingerprint density at radius 2 is 1.61 bits per heavy atom. The first-order valence-electron chi connectivity index (χ1n) is 23.0. The molecule has 21 nitrogen and oxygen atoms in total. The maximum atomic E-state index is 13.7. The Bertz CT molecular complexity index is 2970. The van der Waals surface area contributed by atoms with Crippen LogP contribution in [0.3, 0.4) is 0 Å². The topological polar surface area (TPSA) is 289 Å². The number of rotatable bonds is 12. The zero-order valence-electron chi connectivity index (χ0n) is 39.0. The maximum Gasteiger partial charge on any atom is 0.410 e. The lowest BCUT2D eigenvalue weighted by molar-refractivity contribution is -0.357. The number of nitrogens with one attached hydrogen (secondary N) is 1. The van der Waals surface area contributed by atoms with Crippen molar-refractivity contribution in [3.63, 3.8) is 0 Å². The summed E-state index contributed by atoms with van der Waals surface area (Å²) in [6, 6.07) is 6.17. The van der Waals surface area contributed by atoms with E-state index in [4.69, 9.17) is 42.0 Å². The largest absolute Gasteiger partial charge is 0.506 e. The number of amides is 3. The van der Waals surface area contributed by atoms with Crippen molar-refractivity contribution in [3.05, 3.63) is 56.7 Å². The molecule has 3 saturated heterocycles. The first-order chi connectivity index (χ1) is 33.3. The van der Waals surface area contributed by atoms with Gasteiger partial charge in [0.25, 0.3) is 0 Å². The second-order valence-corrected chi connectivity index (χ2v) is 19.7. The van der Waals surface area contributed by atoms with Crippen LogP contribution in [-0.4, -0.2) is 142 Å². The molecule has 3 amide bonds. The van der Waals surface area contributed by atoms with Gasteiger partial charge in [-0.1, -0.05) is 18.2 Å². The summed E-state index contributed by atoms with van der Waals surface area (Å²) < 4.78 is 52.8. The van der Waals surface area contributed by atoms with Crippen molar-refractivity contribution in [2.75, 3.05) is 26.7 Å². The molecular formula is C48H54N2O19S. The van der Waals surface area contributed by atoms with Gasteiger partial charge in [-0.05, 0) is 83.2 Å². The maximum absolute atomic E-state index is 13.7. The van der Waals surface area contributed by atoms with Crippen molar-refractivity contribution in [2.45, 2.75) is 126 Å². The van der Waals surface area contributed by atoms with Gasteiger partial charge in [0, 0.05) is 36.2 Å². The number of ether oxygens (including phenoxy) is 7. The number of fused-ring (bicyclic) bond motifs is 2. The van der Waals surface area contributed by atoms with E-state index in [0.29, 0.717) is 37.8 Å². The number of aliphatic hydroxyl groups excluding tert-OH is 2. The Balaban J connectivity index is 0.933. The zero-order valence-corrected chi connectivity index (χ0v) is 39.8. The summed E-state index contributed by atoms with van der Waals surface area (Å²) in [5.41, 5.74) is -3.35. The van der Waals surface area contributed by atoms with Crippen molar-refractivity contribution in [3.8, 4) is 11.5 Å². The molecule has 4 aliphatic rings. The molecule has 0 bridgehead atoms. The Morgan fingerprint density at radius 1 is 0.900 bits per heavy atom. The van der Waals surface area contributed by atoms with Gasteiger partial charge < -0.3 is 67.7 Å². The number of thioether (sulfide) groups is 1. The number of hydrogen-bond donors (Lipinski definition) is 5. The highest BCUT2D eigenvalue weighted by molar-refractivity contribution is 8.00. The number of alkyl carbamates (subject to hydrolysis) is 1.